The second-order valence-electron chi connectivity index (χ2n) is 10.8. The highest BCUT2D eigenvalue weighted by atomic mass is 35.5. The number of amides is 1. The van der Waals surface area contributed by atoms with E-state index in [4.69, 9.17) is 9.47 Å². The molecule has 0 spiro atoms. The Kier molecular flexibility index (Phi) is 10.1. The van der Waals surface area contributed by atoms with Crippen LogP contribution in [0.5, 0.6) is 11.5 Å². The summed E-state index contributed by atoms with van der Waals surface area (Å²) in [6.07, 6.45) is 5.50. The Labute approximate surface area is 238 Å². The maximum Gasteiger partial charge on any atom is 0.254 e. The lowest BCUT2D eigenvalue weighted by Gasteiger charge is -2.33. The second kappa shape index (κ2) is 13.5. The number of likely N-dealkylation sites (tertiary alicyclic amines) is 1. The van der Waals surface area contributed by atoms with Crippen LogP contribution < -0.4 is 9.47 Å². The van der Waals surface area contributed by atoms with E-state index in [9.17, 15) is 9.90 Å². The normalized spacial score (nSPS) is 18.7. The summed E-state index contributed by atoms with van der Waals surface area (Å²) in [5.74, 6) is 1.76. The number of halogens is 1. The van der Waals surface area contributed by atoms with Gasteiger partial charge in [-0.1, -0.05) is 48.9 Å². The van der Waals surface area contributed by atoms with Gasteiger partial charge >= 0.3 is 0 Å². The Morgan fingerprint density at radius 1 is 1.00 bits per heavy atom. The molecule has 2 heterocycles. The SMILES string of the molecule is COc1cc2c(cc1OC)C(=O)N(CC1CCCCN(CC(O)CCc3cccc4ccccc34)C1)CC2.Cl. The summed E-state index contributed by atoms with van der Waals surface area (Å²) in [5.41, 5.74) is 3.05. The number of rotatable bonds is 9. The van der Waals surface area contributed by atoms with Gasteiger partial charge in [0, 0.05) is 31.7 Å². The maximum absolute atomic E-state index is 13.4. The van der Waals surface area contributed by atoms with Gasteiger partial charge in [0.05, 0.1) is 20.3 Å². The van der Waals surface area contributed by atoms with Gasteiger partial charge in [0.15, 0.2) is 11.5 Å². The average molecular weight is 553 g/mol. The zero-order valence-corrected chi connectivity index (χ0v) is 23.9. The van der Waals surface area contributed by atoms with E-state index in [1.54, 1.807) is 14.2 Å². The van der Waals surface area contributed by atoms with Crippen molar-refractivity contribution in [2.75, 3.05) is 46.9 Å². The Balaban J connectivity index is 0.00000353. The van der Waals surface area contributed by atoms with Crippen molar-refractivity contribution in [2.45, 2.75) is 44.6 Å². The molecule has 3 aromatic rings. The second-order valence-corrected chi connectivity index (χ2v) is 10.8. The number of fused-ring (bicyclic) bond motifs is 2. The number of ether oxygens (including phenoxy) is 2. The largest absolute Gasteiger partial charge is 0.493 e. The molecule has 1 fully saturated rings. The van der Waals surface area contributed by atoms with Crippen molar-refractivity contribution in [1.29, 1.82) is 0 Å². The van der Waals surface area contributed by atoms with Crippen LogP contribution in [-0.4, -0.2) is 73.9 Å². The maximum atomic E-state index is 13.4. The van der Waals surface area contributed by atoms with E-state index < -0.39 is 0 Å². The highest BCUT2D eigenvalue weighted by Gasteiger charge is 2.29. The molecule has 0 saturated carbocycles. The first kappa shape index (κ1) is 29.2. The lowest BCUT2D eigenvalue weighted by molar-refractivity contribution is 0.0667. The molecule has 1 saturated heterocycles. The molecule has 1 N–H and O–H groups in total. The van der Waals surface area contributed by atoms with Gasteiger partial charge in [-0.15, -0.1) is 12.4 Å². The van der Waals surface area contributed by atoms with Gasteiger partial charge in [-0.05, 0) is 78.6 Å². The van der Waals surface area contributed by atoms with Crippen molar-refractivity contribution in [3.63, 3.8) is 0 Å². The summed E-state index contributed by atoms with van der Waals surface area (Å²) in [5, 5.41) is 13.5. The van der Waals surface area contributed by atoms with Crippen molar-refractivity contribution in [3.05, 3.63) is 71.3 Å². The first-order chi connectivity index (χ1) is 18.6. The minimum absolute atomic E-state index is 0. The van der Waals surface area contributed by atoms with E-state index in [0.717, 1.165) is 75.8 Å². The number of carbonyl (C=O) groups is 1. The van der Waals surface area contributed by atoms with Gasteiger partial charge in [0.2, 0.25) is 0 Å². The number of methoxy groups -OCH3 is 2. The van der Waals surface area contributed by atoms with Crippen LogP contribution in [0.4, 0.5) is 0 Å². The van der Waals surface area contributed by atoms with E-state index in [2.05, 4.69) is 47.4 Å². The average Bonchev–Trinajstić information content (AvgIpc) is 3.17. The minimum atomic E-state index is -0.362. The van der Waals surface area contributed by atoms with Crippen LogP contribution in [0.25, 0.3) is 10.8 Å². The van der Waals surface area contributed by atoms with Crippen LogP contribution in [0.15, 0.2) is 54.6 Å². The molecule has 39 heavy (non-hydrogen) atoms. The van der Waals surface area contributed by atoms with Crippen LogP contribution in [-0.2, 0) is 12.8 Å². The summed E-state index contributed by atoms with van der Waals surface area (Å²) >= 11 is 0. The van der Waals surface area contributed by atoms with Crippen LogP contribution in [0.2, 0.25) is 0 Å². The smallest absolute Gasteiger partial charge is 0.254 e. The summed E-state index contributed by atoms with van der Waals surface area (Å²) in [6, 6.07) is 18.7. The lowest BCUT2D eigenvalue weighted by Crippen LogP contribution is -2.43. The monoisotopic (exact) mass is 552 g/mol. The molecule has 0 aromatic heterocycles. The molecule has 7 heteroatoms. The number of β-amino-alcohol motifs (C(OH)–C–C–N with tert-alkyl or cyclic N) is 1. The third-order valence-electron chi connectivity index (χ3n) is 8.21. The Morgan fingerprint density at radius 3 is 2.59 bits per heavy atom. The third kappa shape index (κ3) is 6.86. The van der Waals surface area contributed by atoms with Crippen molar-refractivity contribution in [2.24, 2.45) is 5.92 Å². The summed E-state index contributed by atoms with van der Waals surface area (Å²) in [7, 11) is 3.23. The first-order valence-electron chi connectivity index (χ1n) is 14.0. The fraction of sp³-hybridized carbons (Fsp3) is 0.469. The Hall–Kier alpha value is -2.80. The molecule has 5 rings (SSSR count). The van der Waals surface area contributed by atoms with Gasteiger partial charge in [-0.2, -0.15) is 0 Å². The number of aliphatic hydroxyl groups excluding tert-OH is 1. The molecule has 1 amide bonds. The van der Waals surface area contributed by atoms with Crippen molar-refractivity contribution >= 4 is 29.1 Å². The number of hydrogen-bond donors (Lipinski definition) is 1. The molecule has 3 aromatic carbocycles. The number of carbonyl (C=O) groups excluding carboxylic acids is 1. The van der Waals surface area contributed by atoms with Gasteiger partial charge < -0.3 is 24.4 Å². The lowest BCUT2D eigenvalue weighted by atomic mass is 9.95. The number of hydrogen-bond acceptors (Lipinski definition) is 5. The molecule has 2 aliphatic rings. The van der Waals surface area contributed by atoms with E-state index in [-0.39, 0.29) is 24.4 Å². The zero-order valence-electron chi connectivity index (χ0n) is 23.1. The number of aliphatic hydroxyl groups is 1. The van der Waals surface area contributed by atoms with E-state index in [1.807, 2.05) is 17.0 Å². The summed E-state index contributed by atoms with van der Waals surface area (Å²) in [4.78, 5) is 17.8. The molecule has 2 atom stereocenters. The first-order valence-corrected chi connectivity index (χ1v) is 14.0. The predicted molar refractivity (Wildman–Crippen MR) is 158 cm³/mol. The highest BCUT2D eigenvalue weighted by molar-refractivity contribution is 5.97. The van der Waals surface area contributed by atoms with Crippen LogP contribution in [0.3, 0.4) is 0 Å². The third-order valence-corrected chi connectivity index (χ3v) is 8.21. The molecule has 6 nitrogen and oxygen atoms in total. The van der Waals surface area contributed by atoms with Crippen molar-refractivity contribution < 1.29 is 19.4 Å². The van der Waals surface area contributed by atoms with Crippen molar-refractivity contribution in [1.82, 2.24) is 9.80 Å². The minimum Gasteiger partial charge on any atom is -0.493 e. The number of nitrogens with zero attached hydrogens (tertiary/aromatic N) is 2. The molecule has 2 aliphatic heterocycles. The van der Waals surface area contributed by atoms with Gasteiger partial charge in [-0.25, -0.2) is 0 Å². The predicted octanol–water partition coefficient (Wildman–Crippen LogP) is 5.37. The molecule has 210 valence electrons. The molecule has 0 aliphatic carbocycles. The highest BCUT2D eigenvalue weighted by Crippen LogP contribution is 2.34. The fourth-order valence-corrected chi connectivity index (χ4v) is 6.19. The van der Waals surface area contributed by atoms with Gasteiger partial charge in [0.1, 0.15) is 0 Å². The van der Waals surface area contributed by atoms with E-state index in [1.165, 1.54) is 16.3 Å². The summed E-state index contributed by atoms with van der Waals surface area (Å²) in [6.45, 7) is 4.11. The number of benzene rings is 3. The molecular weight excluding hydrogens is 512 g/mol. The van der Waals surface area contributed by atoms with Crippen LogP contribution in [0, 0.1) is 5.92 Å². The summed E-state index contributed by atoms with van der Waals surface area (Å²) < 4.78 is 10.9. The molecular formula is C32H41ClN2O4. The van der Waals surface area contributed by atoms with E-state index >= 15 is 0 Å². The zero-order chi connectivity index (χ0) is 26.5. The molecule has 2 unspecified atom stereocenters. The van der Waals surface area contributed by atoms with Crippen LogP contribution in [0.1, 0.15) is 47.2 Å². The topological polar surface area (TPSA) is 62.2 Å². The van der Waals surface area contributed by atoms with Gasteiger partial charge in [-0.3, -0.25) is 4.79 Å². The van der Waals surface area contributed by atoms with E-state index in [0.29, 0.717) is 24.0 Å². The molecule has 0 radical (unpaired) electrons. The number of aryl methyl sites for hydroxylation is 1. The molecule has 0 bridgehead atoms. The Bertz CT molecular complexity index is 1260. The Morgan fingerprint density at radius 2 is 1.77 bits per heavy atom. The quantitative estimate of drug-likeness (QED) is 0.386. The van der Waals surface area contributed by atoms with Gasteiger partial charge in [0.25, 0.3) is 5.91 Å². The van der Waals surface area contributed by atoms with Crippen LogP contribution >= 0.6 is 12.4 Å². The van der Waals surface area contributed by atoms with Crippen molar-refractivity contribution in [3.8, 4) is 11.5 Å². The fourth-order valence-electron chi connectivity index (χ4n) is 6.19. The standard InChI is InChI=1S/C32H40N2O4.ClH/c1-37-30-18-26-15-17-34(32(36)29(26)19-31(30)38-2)21-23-8-5-6-16-33(20-23)22-27(35)14-13-25-11-7-10-24-9-3-4-12-28(24)25;/h3-4,7,9-12,18-19,23,27,35H,5-6,8,13-17,20-22H2,1-2H3;1H.